The van der Waals surface area contributed by atoms with Crippen molar-refractivity contribution in [3.63, 3.8) is 0 Å². The number of nitrogens with one attached hydrogen (secondary N) is 2. The van der Waals surface area contributed by atoms with Gasteiger partial charge in [-0.3, -0.25) is 4.79 Å². The first-order valence-electron chi connectivity index (χ1n) is 10.9. The second-order valence-electron chi connectivity index (χ2n) is 9.61. The van der Waals surface area contributed by atoms with E-state index in [9.17, 15) is 13.2 Å². The number of hydrogen-bond donors (Lipinski definition) is 2. The van der Waals surface area contributed by atoms with E-state index in [1.165, 1.54) is 5.69 Å². The summed E-state index contributed by atoms with van der Waals surface area (Å²) in [6, 6.07) is 7.99. The third-order valence-corrected chi connectivity index (χ3v) is 8.49. The van der Waals surface area contributed by atoms with Crippen molar-refractivity contribution in [2.45, 2.75) is 57.2 Å². The first-order valence-corrected chi connectivity index (χ1v) is 12.4. The van der Waals surface area contributed by atoms with Gasteiger partial charge in [-0.2, -0.15) is 0 Å². The monoisotopic (exact) mass is 436 g/mol. The van der Waals surface area contributed by atoms with E-state index >= 15 is 0 Å². The molecule has 1 aromatic rings. The van der Waals surface area contributed by atoms with Crippen LogP contribution in [0.3, 0.4) is 0 Å². The first-order chi connectivity index (χ1) is 14.0. The van der Waals surface area contributed by atoms with Crippen LogP contribution in [0.2, 0.25) is 0 Å². The number of carbonyl (C=O) groups is 1. The summed E-state index contributed by atoms with van der Waals surface area (Å²) in [4.78, 5) is 17.4. The summed E-state index contributed by atoms with van der Waals surface area (Å²) in [5.41, 5.74) is 2.00. The summed E-state index contributed by atoms with van der Waals surface area (Å²) in [6.07, 6.45) is 2.77. The number of benzene rings is 1. The van der Waals surface area contributed by atoms with Gasteiger partial charge in [-0.15, -0.1) is 0 Å². The van der Waals surface area contributed by atoms with Gasteiger partial charge in [0.05, 0.1) is 4.75 Å². The lowest BCUT2D eigenvalue weighted by Crippen LogP contribution is -2.46. The quantitative estimate of drug-likeness (QED) is 0.742. The maximum atomic E-state index is 12.7. The van der Waals surface area contributed by atoms with E-state index in [4.69, 9.17) is 0 Å². The van der Waals surface area contributed by atoms with E-state index in [0.29, 0.717) is 25.7 Å². The second kappa shape index (κ2) is 9.24. The molecule has 1 aromatic carbocycles. The van der Waals surface area contributed by atoms with Crippen LogP contribution in [0.15, 0.2) is 24.3 Å². The molecule has 2 N–H and O–H groups in total. The Morgan fingerprint density at radius 1 is 0.967 bits per heavy atom. The van der Waals surface area contributed by atoms with E-state index in [-0.39, 0.29) is 17.9 Å². The van der Waals surface area contributed by atoms with Gasteiger partial charge < -0.3 is 15.1 Å². The fourth-order valence-corrected chi connectivity index (χ4v) is 4.96. The lowest BCUT2D eigenvalue weighted by atomic mass is 9.86. The normalized spacial score (nSPS) is 23.9. The molecule has 0 unspecified atom stereocenters. The highest BCUT2D eigenvalue weighted by Crippen LogP contribution is 2.28. The smallest absolute Gasteiger partial charge is 0.227 e. The molecule has 0 bridgehead atoms. The lowest BCUT2D eigenvalue weighted by Gasteiger charge is -2.34. The number of piperazine rings is 1. The van der Waals surface area contributed by atoms with Crippen molar-refractivity contribution in [2.24, 2.45) is 5.92 Å². The Labute approximate surface area is 181 Å². The molecule has 7 nitrogen and oxygen atoms in total. The molecule has 2 aliphatic rings. The first kappa shape index (κ1) is 23.0. The molecule has 1 aliphatic carbocycles. The van der Waals surface area contributed by atoms with Crippen LogP contribution in [0.5, 0.6) is 0 Å². The Hall–Kier alpha value is -1.64. The van der Waals surface area contributed by atoms with Gasteiger partial charge >= 0.3 is 0 Å². The van der Waals surface area contributed by atoms with E-state index < -0.39 is 14.8 Å². The number of carbonyl (C=O) groups excluding carboxylic acids is 1. The zero-order valence-electron chi connectivity index (χ0n) is 18.6. The molecule has 30 heavy (non-hydrogen) atoms. The fourth-order valence-electron chi connectivity index (χ4n) is 3.93. The molecular formula is C22H36N4O3S. The minimum atomic E-state index is -3.36. The van der Waals surface area contributed by atoms with Crippen LogP contribution in [-0.2, 0) is 14.8 Å². The zero-order valence-corrected chi connectivity index (χ0v) is 19.5. The van der Waals surface area contributed by atoms with E-state index in [1.54, 1.807) is 20.8 Å². The predicted octanol–water partition coefficient (Wildman–Crippen LogP) is 2.65. The van der Waals surface area contributed by atoms with Crippen LogP contribution in [-0.4, -0.2) is 63.2 Å². The molecular weight excluding hydrogens is 400 g/mol. The van der Waals surface area contributed by atoms with Crippen molar-refractivity contribution in [3.05, 3.63) is 24.3 Å². The van der Waals surface area contributed by atoms with Crippen LogP contribution >= 0.6 is 0 Å². The molecule has 0 spiro atoms. The minimum Gasteiger partial charge on any atom is -0.369 e. The molecule has 1 saturated carbocycles. The summed E-state index contributed by atoms with van der Waals surface area (Å²) < 4.78 is 26.7. The van der Waals surface area contributed by atoms with Gasteiger partial charge in [0.2, 0.25) is 15.9 Å². The van der Waals surface area contributed by atoms with Gasteiger partial charge in [0.15, 0.2) is 0 Å². The van der Waals surface area contributed by atoms with Crippen LogP contribution < -0.4 is 14.9 Å². The standard InChI is InChI=1S/C22H36N4O3S/c1-22(2,3)30(28,29)24-19-7-5-17(6-8-19)21(27)23-18-9-11-20(12-10-18)26-15-13-25(4)14-16-26/h9-12,17,19,24H,5-8,13-16H2,1-4H3,(H,23,27)/t17-,19-. The van der Waals surface area contributed by atoms with Gasteiger partial charge in [-0.25, -0.2) is 13.1 Å². The van der Waals surface area contributed by atoms with Crippen LogP contribution in [0, 0.1) is 5.92 Å². The molecule has 1 saturated heterocycles. The average molecular weight is 437 g/mol. The highest BCUT2D eigenvalue weighted by atomic mass is 32.2. The van der Waals surface area contributed by atoms with Crippen molar-refractivity contribution < 1.29 is 13.2 Å². The molecule has 3 rings (SSSR count). The summed E-state index contributed by atoms with van der Waals surface area (Å²) in [6.45, 7) is 9.26. The number of amides is 1. The summed E-state index contributed by atoms with van der Waals surface area (Å²) in [5.74, 6) is -0.0443. The highest BCUT2D eigenvalue weighted by Gasteiger charge is 2.34. The van der Waals surface area contributed by atoms with E-state index in [0.717, 1.165) is 31.9 Å². The molecule has 168 valence electrons. The van der Waals surface area contributed by atoms with Crippen LogP contribution in [0.25, 0.3) is 0 Å². The lowest BCUT2D eigenvalue weighted by molar-refractivity contribution is -0.120. The molecule has 8 heteroatoms. The molecule has 2 fully saturated rings. The number of hydrogen-bond acceptors (Lipinski definition) is 5. The zero-order chi connectivity index (χ0) is 21.9. The average Bonchev–Trinajstić information content (AvgIpc) is 2.68. The summed E-state index contributed by atoms with van der Waals surface area (Å²) in [7, 11) is -1.22. The van der Waals surface area contributed by atoms with Gasteiger partial charge in [0.1, 0.15) is 0 Å². The number of rotatable bonds is 5. The topological polar surface area (TPSA) is 81.8 Å². The number of sulfonamides is 1. The van der Waals surface area contributed by atoms with Gasteiger partial charge in [0, 0.05) is 49.5 Å². The number of anilines is 2. The number of nitrogens with zero attached hydrogens (tertiary/aromatic N) is 2. The molecule has 0 aromatic heterocycles. The second-order valence-corrected chi connectivity index (χ2v) is 12.1. The van der Waals surface area contributed by atoms with Crippen molar-refractivity contribution in [1.82, 2.24) is 9.62 Å². The molecule has 1 aliphatic heterocycles. The van der Waals surface area contributed by atoms with Gasteiger partial charge in [0.25, 0.3) is 0 Å². The number of likely N-dealkylation sites (N-methyl/N-ethyl adjacent to an activating group) is 1. The summed E-state index contributed by atoms with van der Waals surface area (Å²) >= 11 is 0. The third kappa shape index (κ3) is 5.74. The molecule has 0 atom stereocenters. The summed E-state index contributed by atoms with van der Waals surface area (Å²) in [5, 5.41) is 3.03. The van der Waals surface area contributed by atoms with Crippen molar-refractivity contribution >= 4 is 27.3 Å². The maximum absolute atomic E-state index is 12.7. The molecule has 0 radical (unpaired) electrons. The van der Waals surface area contributed by atoms with Crippen molar-refractivity contribution in [1.29, 1.82) is 0 Å². The van der Waals surface area contributed by atoms with Gasteiger partial charge in [-0.05, 0) is 77.8 Å². The SMILES string of the molecule is CN1CCN(c2ccc(NC(=O)[C@H]3CC[C@H](NS(=O)(=O)C(C)(C)C)CC3)cc2)CC1. The predicted molar refractivity (Wildman–Crippen MR) is 122 cm³/mol. The Balaban J connectivity index is 1.48. The van der Waals surface area contributed by atoms with Crippen molar-refractivity contribution in [2.75, 3.05) is 43.4 Å². The Kier molecular flexibility index (Phi) is 7.09. The van der Waals surface area contributed by atoms with E-state index in [2.05, 4.69) is 39.0 Å². The van der Waals surface area contributed by atoms with Crippen molar-refractivity contribution in [3.8, 4) is 0 Å². The Morgan fingerprint density at radius 2 is 1.53 bits per heavy atom. The van der Waals surface area contributed by atoms with Gasteiger partial charge in [-0.1, -0.05) is 0 Å². The largest absolute Gasteiger partial charge is 0.369 e. The maximum Gasteiger partial charge on any atom is 0.227 e. The fraction of sp³-hybridized carbons (Fsp3) is 0.682. The third-order valence-electron chi connectivity index (χ3n) is 6.23. The van der Waals surface area contributed by atoms with E-state index in [1.807, 2.05) is 12.1 Å². The Morgan fingerprint density at radius 3 is 2.07 bits per heavy atom. The highest BCUT2D eigenvalue weighted by molar-refractivity contribution is 7.90. The van der Waals surface area contributed by atoms with Crippen LogP contribution in [0.4, 0.5) is 11.4 Å². The minimum absolute atomic E-state index is 0.0273. The Bertz CT molecular complexity index is 817. The van der Waals surface area contributed by atoms with Crippen LogP contribution in [0.1, 0.15) is 46.5 Å². The molecule has 1 heterocycles. The molecule has 1 amide bonds.